The van der Waals surface area contributed by atoms with Gasteiger partial charge in [-0.15, -0.1) is 0 Å². The van der Waals surface area contributed by atoms with E-state index in [-0.39, 0.29) is 25.6 Å². The fourth-order valence-electron chi connectivity index (χ4n) is 1.87. The van der Waals surface area contributed by atoms with Crippen molar-refractivity contribution in [3.8, 4) is 0 Å². The Balaban J connectivity index is 2.85. The van der Waals surface area contributed by atoms with Crippen LogP contribution in [0.25, 0.3) is 0 Å². The van der Waals surface area contributed by atoms with Crippen molar-refractivity contribution in [2.24, 2.45) is 17.6 Å². The van der Waals surface area contributed by atoms with Gasteiger partial charge in [0.25, 0.3) is 0 Å². The molecule has 0 saturated carbocycles. The average Bonchev–Trinajstić information content (AvgIpc) is 2.60. The van der Waals surface area contributed by atoms with Gasteiger partial charge in [-0.3, -0.25) is 4.79 Å². The van der Waals surface area contributed by atoms with Crippen LogP contribution in [0, 0.1) is 11.8 Å². The van der Waals surface area contributed by atoms with Crippen LogP contribution in [0.4, 0.5) is 26.3 Å². The molecule has 1 amide bonds. The van der Waals surface area contributed by atoms with Gasteiger partial charge in [0.05, 0.1) is 0 Å². The van der Waals surface area contributed by atoms with Crippen molar-refractivity contribution < 1.29 is 31.1 Å². The SMILES string of the molecule is NCC1CCN(C(=O)C(C(F)(F)F)C(F)(F)F)C1. The number of nitrogens with two attached hydrogens (primary N) is 1. The fraction of sp³-hybridized carbons (Fsp3) is 0.889. The topological polar surface area (TPSA) is 46.3 Å². The van der Waals surface area contributed by atoms with E-state index >= 15 is 0 Å². The predicted molar refractivity (Wildman–Crippen MR) is 49.3 cm³/mol. The van der Waals surface area contributed by atoms with E-state index in [1.165, 1.54) is 0 Å². The number of rotatable bonds is 2. The summed E-state index contributed by atoms with van der Waals surface area (Å²) in [6, 6.07) is 0. The molecule has 0 aliphatic carbocycles. The molecule has 1 fully saturated rings. The minimum absolute atomic E-state index is 0.122. The zero-order valence-corrected chi connectivity index (χ0v) is 9.18. The summed E-state index contributed by atoms with van der Waals surface area (Å²) in [4.78, 5) is 11.9. The second kappa shape index (κ2) is 4.94. The Morgan fingerprint density at radius 3 is 2.06 bits per heavy atom. The van der Waals surface area contributed by atoms with Crippen molar-refractivity contribution in [2.75, 3.05) is 19.6 Å². The molecule has 18 heavy (non-hydrogen) atoms. The normalized spacial score (nSPS) is 21.8. The average molecular weight is 278 g/mol. The van der Waals surface area contributed by atoms with Crippen LogP contribution in [-0.2, 0) is 4.79 Å². The van der Waals surface area contributed by atoms with Crippen molar-refractivity contribution >= 4 is 5.91 Å². The van der Waals surface area contributed by atoms with E-state index < -0.39 is 24.2 Å². The van der Waals surface area contributed by atoms with Crippen molar-refractivity contribution in [3.63, 3.8) is 0 Å². The first-order valence-electron chi connectivity index (χ1n) is 5.19. The third kappa shape index (κ3) is 3.27. The molecular weight excluding hydrogens is 266 g/mol. The zero-order chi connectivity index (χ0) is 14.1. The molecule has 1 unspecified atom stereocenters. The van der Waals surface area contributed by atoms with Crippen LogP contribution < -0.4 is 5.73 Å². The molecule has 0 aromatic heterocycles. The molecule has 9 heteroatoms. The highest BCUT2D eigenvalue weighted by molar-refractivity contribution is 5.80. The minimum atomic E-state index is -5.63. The number of carbonyl (C=O) groups is 1. The lowest BCUT2D eigenvalue weighted by Crippen LogP contribution is -2.49. The number of nitrogens with zero attached hydrogens (tertiary/aromatic N) is 1. The number of amides is 1. The van der Waals surface area contributed by atoms with Gasteiger partial charge in [-0.1, -0.05) is 0 Å². The molecule has 0 aromatic carbocycles. The summed E-state index contributed by atoms with van der Waals surface area (Å²) < 4.78 is 73.8. The van der Waals surface area contributed by atoms with Gasteiger partial charge in [-0.2, -0.15) is 26.3 Å². The molecule has 3 nitrogen and oxygen atoms in total. The molecule has 0 bridgehead atoms. The summed E-state index contributed by atoms with van der Waals surface area (Å²) in [5.41, 5.74) is 5.26. The highest BCUT2D eigenvalue weighted by Gasteiger charge is 2.62. The highest BCUT2D eigenvalue weighted by Crippen LogP contribution is 2.41. The van der Waals surface area contributed by atoms with Crippen LogP contribution in [0.1, 0.15) is 6.42 Å². The fourth-order valence-corrected chi connectivity index (χ4v) is 1.87. The number of likely N-dealkylation sites (tertiary alicyclic amines) is 1. The Morgan fingerprint density at radius 1 is 1.22 bits per heavy atom. The number of alkyl halides is 6. The Morgan fingerprint density at radius 2 is 1.72 bits per heavy atom. The Labute approximate surface area is 98.9 Å². The van der Waals surface area contributed by atoms with Gasteiger partial charge in [0, 0.05) is 13.1 Å². The van der Waals surface area contributed by atoms with Crippen LogP contribution >= 0.6 is 0 Å². The van der Waals surface area contributed by atoms with Gasteiger partial charge in [0.2, 0.25) is 11.8 Å². The summed E-state index contributed by atoms with van der Waals surface area (Å²) in [5.74, 6) is -6.12. The van der Waals surface area contributed by atoms with E-state index in [4.69, 9.17) is 5.73 Å². The lowest BCUT2D eigenvalue weighted by molar-refractivity contribution is -0.277. The first kappa shape index (κ1) is 15.1. The zero-order valence-electron chi connectivity index (χ0n) is 9.18. The molecule has 1 rings (SSSR count). The number of hydrogen-bond donors (Lipinski definition) is 1. The lowest BCUT2D eigenvalue weighted by Gasteiger charge is -2.26. The molecule has 0 spiro atoms. The summed E-state index contributed by atoms with van der Waals surface area (Å²) in [6.07, 6.45) is -10.9. The van der Waals surface area contributed by atoms with Gasteiger partial charge in [-0.05, 0) is 18.9 Å². The van der Waals surface area contributed by atoms with Gasteiger partial charge < -0.3 is 10.6 Å². The van der Waals surface area contributed by atoms with E-state index in [9.17, 15) is 31.1 Å². The molecule has 0 aromatic rings. The second-order valence-electron chi connectivity index (χ2n) is 4.19. The summed E-state index contributed by atoms with van der Waals surface area (Å²) in [6.45, 7) is -0.145. The molecule has 2 N–H and O–H groups in total. The molecule has 106 valence electrons. The van der Waals surface area contributed by atoms with Crippen molar-refractivity contribution in [1.29, 1.82) is 0 Å². The van der Waals surface area contributed by atoms with E-state index in [1.54, 1.807) is 0 Å². The van der Waals surface area contributed by atoms with Crippen LogP contribution in [0.3, 0.4) is 0 Å². The van der Waals surface area contributed by atoms with E-state index in [0.29, 0.717) is 11.3 Å². The summed E-state index contributed by atoms with van der Waals surface area (Å²) >= 11 is 0. The third-order valence-electron chi connectivity index (χ3n) is 2.83. The third-order valence-corrected chi connectivity index (χ3v) is 2.83. The smallest absolute Gasteiger partial charge is 0.342 e. The van der Waals surface area contributed by atoms with Gasteiger partial charge in [0.15, 0.2) is 0 Å². The monoisotopic (exact) mass is 278 g/mol. The maximum Gasteiger partial charge on any atom is 0.409 e. The summed E-state index contributed by atoms with van der Waals surface area (Å²) in [5, 5.41) is 0. The van der Waals surface area contributed by atoms with E-state index in [2.05, 4.69) is 0 Å². The Hall–Kier alpha value is -0.990. The minimum Gasteiger partial charge on any atom is -0.342 e. The van der Waals surface area contributed by atoms with E-state index in [0.717, 1.165) is 0 Å². The predicted octanol–water partition coefficient (Wildman–Crippen LogP) is 1.53. The van der Waals surface area contributed by atoms with Crippen molar-refractivity contribution in [1.82, 2.24) is 4.90 Å². The molecule has 0 radical (unpaired) electrons. The number of hydrogen-bond acceptors (Lipinski definition) is 2. The van der Waals surface area contributed by atoms with Crippen molar-refractivity contribution in [3.05, 3.63) is 0 Å². The van der Waals surface area contributed by atoms with Crippen molar-refractivity contribution in [2.45, 2.75) is 18.8 Å². The van der Waals surface area contributed by atoms with Crippen LogP contribution in [-0.4, -0.2) is 42.8 Å². The first-order valence-corrected chi connectivity index (χ1v) is 5.19. The van der Waals surface area contributed by atoms with Gasteiger partial charge in [0.1, 0.15) is 0 Å². The van der Waals surface area contributed by atoms with Crippen LogP contribution in [0.2, 0.25) is 0 Å². The molecule has 1 aliphatic rings. The molecule has 1 heterocycles. The highest BCUT2D eigenvalue weighted by atomic mass is 19.4. The number of carbonyl (C=O) groups excluding carboxylic acids is 1. The number of halogens is 6. The molecule has 1 atom stereocenters. The maximum atomic E-state index is 12.3. The maximum absolute atomic E-state index is 12.3. The Bertz CT molecular complexity index is 299. The molecular formula is C9H12F6N2O. The van der Waals surface area contributed by atoms with Crippen LogP contribution in [0.15, 0.2) is 0 Å². The lowest BCUT2D eigenvalue weighted by atomic mass is 10.1. The largest absolute Gasteiger partial charge is 0.409 e. The van der Waals surface area contributed by atoms with E-state index in [1.807, 2.05) is 0 Å². The van der Waals surface area contributed by atoms with Gasteiger partial charge in [-0.25, -0.2) is 0 Å². The molecule has 1 aliphatic heterocycles. The first-order chi connectivity index (χ1) is 8.07. The molecule has 1 saturated heterocycles. The second-order valence-corrected chi connectivity index (χ2v) is 4.19. The Kier molecular flexibility index (Phi) is 4.14. The summed E-state index contributed by atoms with van der Waals surface area (Å²) in [7, 11) is 0. The quantitative estimate of drug-likeness (QED) is 0.779. The standard InChI is InChI=1S/C9H12F6N2O/c10-8(11,12)6(9(13,14)15)7(18)17-2-1-5(3-16)4-17/h5-6H,1-4,16H2. The van der Waals surface area contributed by atoms with Gasteiger partial charge >= 0.3 is 12.4 Å². The van der Waals surface area contributed by atoms with Crippen LogP contribution in [0.5, 0.6) is 0 Å².